The number of nitrogens with zero attached hydrogens (tertiary/aromatic N) is 4. The third kappa shape index (κ3) is 5.25. The Hall–Kier alpha value is -2.92. The Morgan fingerprint density at radius 3 is 2.21 bits per heavy atom. The number of piperazine rings is 1. The summed E-state index contributed by atoms with van der Waals surface area (Å²) in [5, 5.41) is 0.751. The number of halogens is 1. The van der Waals surface area contributed by atoms with Crippen molar-refractivity contribution in [2.24, 2.45) is 0 Å². The lowest BCUT2D eigenvalue weighted by Crippen LogP contribution is -2.49. The van der Waals surface area contributed by atoms with Crippen molar-refractivity contribution in [3.8, 4) is 0 Å². The fraction of sp³-hybridized carbons (Fsp3) is 0.393. The first kappa shape index (κ1) is 24.2. The van der Waals surface area contributed by atoms with Gasteiger partial charge >= 0.3 is 0 Å². The van der Waals surface area contributed by atoms with Crippen LogP contribution in [0.15, 0.2) is 48.5 Å². The molecule has 1 saturated heterocycles. The maximum atomic E-state index is 13.1. The van der Waals surface area contributed by atoms with Crippen molar-refractivity contribution < 1.29 is 4.79 Å². The van der Waals surface area contributed by atoms with Gasteiger partial charge in [0, 0.05) is 54.4 Å². The second kappa shape index (κ2) is 9.75. The summed E-state index contributed by atoms with van der Waals surface area (Å²) in [7, 11) is 0. The van der Waals surface area contributed by atoms with E-state index in [1.807, 2.05) is 55.1 Å². The zero-order chi connectivity index (χ0) is 24.5. The highest BCUT2D eigenvalue weighted by Gasteiger charge is 2.26. The van der Waals surface area contributed by atoms with Gasteiger partial charge in [0.15, 0.2) is 0 Å². The summed E-state index contributed by atoms with van der Waals surface area (Å²) in [6.07, 6.45) is 0.681. The monoisotopic (exact) mass is 476 g/mol. The van der Waals surface area contributed by atoms with Gasteiger partial charge in [0.05, 0.1) is 0 Å². The lowest BCUT2D eigenvalue weighted by Gasteiger charge is -2.36. The normalized spacial score (nSPS) is 14.4. The third-order valence-electron chi connectivity index (χ3n) is 6.49. The molecule has 0 bridgehead atoms. The summed E-state index contributed by atoms with van der Waals surface area (Å²) >= 11 is 6.44. The van der Waals surface area contributed by atoms with Gasteiger partial charge in [-0.2, -0.15) is 0 Å². The minimum atomic E-state index is 0.0721. The van der Waals surface area contributed by atoms with Crippen molar-refractivity contribution >= 4 is 23.3 Å². The van der Waals surface area contributed by atoms with Crippen LogP contribution in [0.5, 0.6) is 0 Å². The van der Waals surface area contributed by atoms with Gasteiger partial charge in [0.2, 0.25) is 0 Å². The maximum Gasteiger partial charge on any atom is 0.253 e. The second-order valence-electron chi connectivity index (χ2n) is 10.0. The van der Waals surface area contributed by atoms with Crippen LogP contribution in [0, 0.1) is 13.8 Å². The quantitative estimate of drug-likeness (QED) is 0.492. The molecule has 1 fully saturated rings. The molecule has 2 heterocycles. The number of amides is 1. The minimum Gasteiger partial charge on any atom is -0.353 e. The molecule has 1 aliphatic heterocycles. The molecule has 6 heteroatoms. The minimum absolute atomic E-state index is 0.0721. The van der Waals surface area contributed by atoms with Gasteiger partial charge in [0.1, 0.15) is 11.6 Å². The summed E-state index contributed by atoms with van der Waals surface area (Å²) in [6.45, 7) is 13.3. The van der Waals surface area contributed by atoms with E-state index in [4.69, 9.17) is 16.6 Å². The SMILES string of the molecule is Cc1nc(C)c(Cc2ccccc2Cl)c(N2CCN(C(=O)c3ccc(C(C)(C)C)cc3)CC2)n1. The van der Waals surface area contributed by atoms with Gasteiger partial charge < -0.3 is 9.80 Å². The Balaban J connectivity index is 1.50. The summed E-state index contributed by atoms with van der Waals surface area (Å²) in [4.78, 5) is 26.8. The van der Waals surface area contributed by atoms with Gasteiger partial charge in [-0.05, 0) is 48.6 Å². The number of benzene rings is 2. The predicted molar refractivity (Wildman–Crippen MR) is 139 cm³/mol. The number of anilines is 1. The summed E-state index contributed by atoms with van der Waals surface area (Å²) in [5.74, 6) is 1.80. The maximum absolute atomic E-state index is 13.1. The summed E-state index contributed by atoms with van der Waals surface area (Å²) in [5.41, 5.74) is 5.18. The number of rotatable bonds is 4. The van der Waals surface area contributed by atoms with E-state index in [0.717, 1.165) is 52.1 Å². The first-order valence-electron chi connectivity index (χ1n) is 11.9. The van der Waals surface area contributed by atoms with Crippen LogP contribution in [-0.4, -0.2) is 47.0 Å². The van der Waals surface area contributed by atoms with Crippen LogP contribution in [0.25, 0.3) is 0 Å². The van der Waals surface area contributed by atoms with Gasteiger partial charge in [-0.15, -0.1) is 0 Å². The molecule has 178 valence electrons. The Labute approximate surface area is 207 Å². The smallest absolute Gasteiger partial charge is 0.253 e. The van der Waals surface area contributed by atoms with Crippen LogP contribution in [0.2, 0.25) is 5.02 Å². The Bertz CT molecular complexity index is 1180. The molecule has 34 heavy (non-hydrogen) atoms. The predicted octanol–water partition coefficient (Wildman–Crippen LogP) is 5.60. The van der Waals surface area contributed by atoms with E-state index < -0.39 is 0 Å². The Morgan fingerprint density at radius 1 is 0.941 bits per heavy atom. The largest absolute Gasteiger partial charge is 0.353 e. The van der Waals surface area contributed by atoms with E-state index in [1.165, 1.54) is 5.56 Å². The molecule has 0 N–H and O–H groups in total. The molecule has 0 spiro atoms. The van der Waals surface area contributed by atoms with Crippen LogP contribution in [0.1, 0.15) is 59.3 Å². The zero-order valence-corrected chi connectivity index (χ0v) is 21.5. The number of aryl methyl sites for hydroxylation is 2. The van der Waals surface area contributed by atoms with E-state index in [1.54, 1.807) is 0 Å². The van der Waals surface area contributed by atoms with Crippen molar-refractivity contribution in [3.05, 3.63) is 87.3 Å². The molecule has 0 unspecified atom stereocenters. The lowest BCUT2D eigenvalue weighted by molar-refractivity contribution is 0.0746. The van der Waals surface area contributed by atoms with Gasteiger partial charge in [-0.25, -0.2) is 9.97 Å². The Morgan fingerprint density at radius 2 is 1.59 bits per heavy atom. The molecule has 4 rings (SSSR count). The molecule has 2 aromatic carbocycles. The molecular formula is C28H33ClN4O. The third-order valence-corrected chi connectivity index (χ3v) is 6.86. The fourth-order valence-corrected chi connectivity index (χ4v) is 4.64. The average Bonchev–Trinajstić information content (AvgIpc) is 2.81. The molecule has 3 aromatic rings. The molecule has 0 atom stereocenters. The molecule has 1 aromatic heterocycles. The van der Waals surface area contributed by atoms with Gasteiger partial charge in [0.25, 0.3) is 5.91 Å². The molecule has 0 radical (unpaired) electrons. The summed E-state index contributed by atoms with van der Waals surface area (Å²) < 4.78 is 0. The van der Waals surface area contributed by atoms with Crippen molar-refractivity contribution in [1.29, 1.82) is 0 Å². The standard InChI is InChI=1S/C28H33ClN4O/c1-19-24(18-22-8-6-7-9-25(22)29)26(31-20(2)30-19)32-14-16-33(17-15-32)27(34)21-10-12-23(13-11-21)28(3,4)5/h6-13H,14-18H2,1-5H3. The molecule has 1 amide bonds. The average molecular weight is 477 g/mol. The highest BCUT2D eigenvalue weighted by molar-refractivity contribution is 6.31. The number of hydrogen-bond donors (Lipinski definition) is 0. The Kier molecular flexibility index (Phi) is 6.94. The van der Waals surface area contributed by atoms with Crippen LogP contribution >= 0.6 is 11.6 Å². The van der Waals surface area contributed by atoms with Gasteiger partial charge in [-0.3, -0.25) is 4.79 Å². The second-order valence-corrected chi connectivity index (χ2v) is 10.4. The summed E-state index contributed by atoms with van der Waals surface area (Å²) in [6, 6.07) is 15.9. The number of hydrogen-bond acceptors (Lipinski definition) is 4. The molecular weight excluding hydrogens is 444 g/mol. The molecule has 0 saturated carbocycles. The van der Waals surface area contributed by atoms with Crippen LogP contribution in [0.4, 0.5) is 5.82 Å². The number of aromatic nitrogens is 2. The van der Waals surface area contributed by atoms with E-state index in [0.29, 0.717) is 19.5 Å². The van der Waals surface area contributed by atoms with Gasteiger partial charge in [-0.1, -0.05) is 62.7 Å². The van der Waals surface area contributed by atoms with Crippen LogP contribution < -0.4 is 4.90 Å². The van der Waals surface area contributed by atoms with E-state index in [9.17, 15) is 4.79 Å². The van der Waals surface area contributed by atoms with Crippen molar-refractivity contribution in [1.82, 2.24) is 14.9 Å². The topological polar surface area (TPSA) is 49.3 Å². The van der Waals surface area contributed by atoms with Crippen molar-refractivity contribution in [2.75, 3.05) is 31.1 Å². The van der Waals surface area contributed by atoms with E-state index >= 15 is 0 Å². The fourth-order valence-electron chi connectivity index (χ4n) is 4.44. The van der Waals surface area contributed by atoms with Crippen molar-refractivity contribution in [3.63, 3.8) is 0 Å². The highest BCUT2D eigenvalue weighted by Crippen LogP contribution is 2.28. The highest BCUT2D eigenvalue weighted by atomic mass is 35.5. The number of carbonyl (C=O) groups is 1. The zero-order valence-electron chi connectivity index (χ0n) is 20.7. The van der Waals surface area contributed by atoms with E-state index in [2.05, 4.69) is 42.8 Å². The first-order chi connectivity index (χ1) is 16.1. The van der Waals surface area contributed by atoms with Crippen LogP contribution in [0.3, 0.4) is 0 Å². The first-order valence-corrected chi connectivity index (χ1v) is 12.2. The van der Waals surface area contributed by atoms with Crippen LogP contribution in [-0.2, 0) is 11.8 Å². The van der Waals surface area contributed by atoms with Crippen molar-refractivity contribution in [2.45, 2.75) is 46.5 Å². The number of carbonyl (C=O) groups excluding carboxylic acids is 1. The molecule has 5 nitrogen and oxygen atoms in total. The molecule has 0 aliphatic carbocycles. The van der Waals surface area contributed by atoms with E-state index in [-0.39, 0.29) is 11.3 Å². The molecule has 1 aliphatic rings. The lowest BCUT2D eigenvalue weighted by atomic mass is 9.86.